The Morgan fingerprint density at radius 2 is 2.14 bits per heavy atom. The lowest BCUT2D eigenvalue weighted by molar-refractivity contribution is 0.0696. The summed E-state index contributed by atoms with van der Waals surface area (Å²) in [7, 11) is 0. The second kappa shape index (κ2) is 6.53. The van der Waals surface area contributed by atoms with E-state index in [1.54, 1.807) is 24.3 Å². The van der Waals surface area contributed by atoms with Gasteiger partial charge in [0.25, 0.3) is 0 Å². The van der Waals surface area contributed by atoms with Crippen LogP contribution in [0.1, 0.15) is 35.0 Å². The van der Waals surface area contributed by atoms with Crippen LogP contribution in [0.2, 0.25) is 0 Å². The van der Waals surface area contributed by atoms with Crippen molar-refractivity contribution in [3.63, 3.8) is 0 Å². The lowest BCUT2D eigenvalue weighted by Crippen LogP contribution is -2.02. The molecule has 1 N–H and O–H groups in total. The van der Waals surface area contributed by atoms with Crippen LogP contribution in [0, 0.1) is 11.3 Å². The Bertz CT molecular complexity index is 705. The number of aryl methyl sites for hydroxylation is 1. The Morgan fingerprint density at radius 1 is 1.38 bits per heavy atom. The zero-order valence-electron chi connectivity index (χ0n) is 11.5. The van der Waals surface area contributed by atoms with Gasteiger partial charge < -0.3 is 9.84 Å². The highest BCUT2D eigenvalue weighted by molar-refractivity contribution is 5.88. The fraction of sp³-hybridized carbons (Fsp3) is 0.188. The fourth-order valence-electron chi connectivity index (χ4n) is 1.88. The number of carboxylic acid groups (broad SMARTS) is 1. The van der Waals surface area contributed by atoms with E-state index in [1.165, 1.54) is 12.1 Å². The molecule has 0 spiro atoms. The molecule has 0 aliphatic heterocycles. The third kappa shape index (κ3) is 3.57. The van der Waals surface area contributed by atoms with Crippen molar-refractivity contribution in [1.82, 2.24) is 4.98 Å². The number of pyridine rings is 1. The van der Waals surface area contributed by atoms with E-state index in [1.807, 2.05) is 13.0 Å². The topological polar surface area (TPSA) is 83.2 Å². The van der Waals surface area contributed by atoms with Crippen LogP contribution in [-0.4, -0.2) is 16.1 Å². The van der Waals surface area contributed by atoms with E-state index in [2.05, 4.69) is 4.98 Å². The van der Waals surface area contributed by atoms with E-state index in [-0.39, 0.29) is 11.4 Å². The molecule has 0 fully saturated rings. The average molecular weight is 282 g/mol. The number of hydrogen-bond acceptors (Lipinski definition) is 4. The van der Waals surface area contributed by atoms with Crippen LogP contribution in [0.15, 0.2) is 36.4 Å². The molecule has 5 heteroatoms. The lowest BCUT2D eigenvalue weighted by Gasteiger charge is -2.09. The fourth-order valence-corrected chi connectivity index (χ4v) is 1.88. The van der Waals surface area contributed by atoms with Gasteiger partial charge in [-0.25, -0.2) is 9.78 Å². The van der Waals surface area contributed by atoms with Crippen LogP contribution in [0.4, 0.5) is 0 Å². The molecule has 5 nitrogen and oxygen atoms in total. The maximum absolute atomic E-state index is 11.1. The molecule has 0 saturated carbocycles. The predicted molar refractivity (Wildman–Crippen MR) is 76.4 cm³/mol. The number of carbonyl (C=O) groups is 1. The molecule has 2 aromatic rings. The van der Waals surface area contributed by atoms with Gasteiger partial charge in [-0.2, -0.15) is 5.26 Å². The SMILES string of the molecule is CCCc1cc(C(=O)O)cc(Oc2ccccc2C#N)n1. The molecule has 0 saturated heterocycles. The second-order valence-electron chi connectivity index (χ2n) is 4.45. The summed E-state index contributed by atoms with van der Waals surface area (Å²) in [5.74, 6) is -0.494. The number of benzene rings is 1. The molecular weight excluding hydrogens is 268 g/mol. The van der Waals surface area contributed by atoms with Crippen molar-refractivity contribution in [2.45, 2.75) is 19.8 Å². The quantitative estimate of drug-likeness (QED) is 0.908. The number of nitrogens with zero attached hydrogens (tertiary/aromatic N) is 2. The van der Waals surface area contributed by atoms with Crippen LogP contribution in [-0.2, 0) is 6.42 Å². The summed E-state index contributed by atoms with van der Waals surface area (Å²) in [4.78, 5) is 15.4. The van der Waals surface area contributed by atoms with Crippen molar-refractivity contribution in [3.05, 3.63) is 53.2 Å². The summed E-state index contributed by atoms with van der Waals surface area (Å²) in [6, 6.07) is 11.7. The maximum atomic E-state index is 11.1. The number of aromatic carboxylic acids is 1. The Morgan fingerprint density at radius 3 is 2.81 bits per heavy atom. The van der Waals surface area contributed by atoms with Crippen LogP contribution in [0.25, 0.3) is 0 Å². The Balaban J connectivity index is 2.39. The van der Waals surface area contributed by atoms with E-state index in [0.717, 1.165) is 6.42 Å². The first-order valence-corrected chi connectivity index (χ1v) is 6.55. The summed E-state index contributed by atoms with van der Waals surface area (Å²) in [6.07, 6.45) is 1.52. The number of hydrogen-bond donors (Lipinski definition) is 1. The first-order chi connectivity index (χ1) is 10.1. The third-order valence-electron chi connectivity index (χ3n) is 2.83. The highest BCUT2D eigenvalue weighted by atomic mass is 16.5. The standard InChI is InChI=1S/C16H14N2O3/c1-2-5-13-8-12(16(19)20)9-15(18-13)21-14-7-4-3-6-11(14)10-17/h3-4,6-9H,2,5H2,1H3,(H,19,20). The van der Waals surface area contributed by atoms with Crippen molar-refractivity contribution >= 4 is 5.97 Å². The van der Waals surface area contributed by atoms with Crippen LogP contribution < -0.4 is 4.74 Å². The van der Waals surface area contributed by atoms with Crippen molar-refractivity contribution in [2.75, 3.05) is 0 Å². The number of para-hydroxylation sites is 1. The summed E-state index contributed by atoms with van der Waals surface area (Å²) in [5, 5.41) is 18.2. The van der Waals surface area contributed by atoms with Crippen LogP contribution >= 0.6 is 0 Å². The zero-order chi connectivity index (χ0) is 15.2. The van der Waals surface area contributed by atoms with Gasteiger partial charge in [-0.3, -0.25) is 0 Å². The first kappa shape index (κ1) is 14.5. The van der Waals surface area contributed by atoms with E-state index < -0.39 is 5.97 Å². The molecular formula is C16H14N2O3. The minimum atomic E-state index is -1.03. The monoisotopic (exact) mass is 282 g/mol. The number of aromatic nitrogens is 1. The largest absolute Gasteiger partial charge is 0.478 e. The highest BCUT2D eigenvalue weighted by Crippen LogP contribution is 2.24. The summed E-state index contributed by atoms with van der Waals surface area (Å²) < 4.78 is 5.58. The molecule has 0 aliphatic carbocycles. The van der Waals surface area contributed by atoms with Gasteiger partial charge in [-0.15, -0.1) is 0 Å². The van der Waals surface area contributed by atoms with Crippen LogP contribution in [0.3, 0.4) is 0 Å². The van der Waals surface area contributed by atoms with Crippen molar-refractivity contribution in [2.24, 2.45) is 0 Å². The molecule has 1 aromatic carbocycles. The van der Waals surface area contributed by atoms with Crippen molar-refractivity contribution < 1.29 is 14.6 Å². The predicted octanol–water partition coefficient (Wildman–Crippen LogP) is 3.40. The summed E-state index contributed by atoms with van der Waals surface area (Å²) in [6.45, 7) is 1.99. The molecule has 1 heterocycles. The van der Waals surface area contributed by atoms with Gasteiger partial charge in [0.1, 0.15) is 11.8 Å². The summed E-state index contributed by atoms with van der Waals surface area (Å²) in [5.41, 5.74) is 1.15. The molecule has 0 amide bonds. The molecule has 1 aromatic heterocycles. The van der Waals surface area contributed by atoms with Gasteiger partial charge in [-0.1, -0.05) is 25.5 Å². The third-order valence-corrected chi connectivity index (χ3v) is 2.83. The molecule has 2 rings (SSSR count). The van der Waals surface area contributed by atoms with Gasteiger partial charge in [0.15, 0.2) is 0 Å². The molecule has 0 aliphatic rings. The lowest BCUT2D eigenvalue weighted by atomic mass is 10.1. The van der Waals surface area contributed by atoms with Gasteiger partial charge in [0, 0.05) is 11.8 Å². The first-order valence-electron chi connectivity index (χ1n) is 6.55. The molecule has 0 bridgehead atoms. The highest BCUT2D eigenvalue weighted by Gasteiger charge is 2.11. The zero-order valence-corrected chi connectivity index (χ0v) is 11.5. The molecule has 0 radical (unpaired) electrons. The number of ether oxygens (including phenoxy) is 1. The number of rotatable bonds is 5. The average Bonchev–Trinajstić information content (AvgIpc) is 2.48. The summed E-state index contributed by atoms with van der Waals surface area (Å²) >= 11 is 0. The maximum Gasteiger partial charge on any atom is 0.335 e. The Hall–Kier alpha value is -2.87. The van der Waals surface area contributed by atoms with Crippen molar-refractivity contribution in [3.8, 4) is 17.7 Å². The smallest absolute Gasteiger partial charge is 0.335 e. The van der Waals surface area contributed by atoms with Gasteiger partial charge in [0.05, 0.1) is 11.1 Å². The van der Waals surface area contributed by atoms with E-state index in [4.69, 9.17) is 15.1 Å². The van der Waals surface area contributed by atoms with Gasteiger partial charge in [0.2, 0.25) is 5.88 Å². The minimum Gasteiger partial charge on any atom is -0.478 e. The number of carboxylic acids is 1. The molecule has 0 atom stereocenters. The minimum absolute atomic E-state index is 0.123. The van der Waals surface area contributed by atoms with Gasteiger partial charge >= 0.3 is 5.97 Å². The second-order valence-corrected chi connectivity index (χ2v) is 4.45. The molecule has 0 unspecified atom stereocenters. The van der Waals surface area contributed by atoms with Gasteiger partial charge in [-0.05, 0) is 24.6 Å². The van der Waals surface area contributed by atoms with Crippen LogP contribution in [0.5, 0.6) is 11.6 Å². The Labute approximate surface area is 122 Å². The van der Waals surface area contributed by atoms with E-state index in [0.29, 0.717) is 23.4 Å². The molecule has 106 valence electrons. The van der Waals surface area contributed by atoms with Crippen molar-refractivity contribution in [1.29, 1.82) is 5.26 Å². The molecule has 21 heavy (non-hydrogen) atoms. The van der Waals surface area contributed by atoms with E-state index >= 15 is 0 Å². The Kier molecular flexibility index (Phi) is 4.52. The van der Waals surface area contributed by atoms with E-state index in [9.17, 15) is 4.79 Å². The number of nitriles is 1. The normalized spacial score (nSPS) is 9.90.